The molecule has 2 heterocycles. The molecule has 2 atom stereocenters. The number of pyridine rings is 1. The van der Waals surface area contributed by atoms with Crippen LogP contribution in [0, 0.1) is 18.6 Å². The Morgan fingerprint density at radius 1 is 1.23 bits per heavy atom. The number of halogens is 2. The summed E-state index contributed by atoms with van der Waals surface area (Å²) in [6, 6.07) is 1.96. The molecule has 1 aromatic carbocycles. The summed E-state index contributed by atoms with van der Waals surface area (Å²) in [6.07, 6.45) is 4.61. The molecule has 0 unspecified atom stereocenters. The summed E-state index contributed by atoms with van der Waals surface area (Å²) in [5.74, 6) is -3.87. The number of hydrogen-bond acceptors (Lipinski definition) is 4. The van der Waals surface area contributed by atoms with Crippen molar-refractivity contribution in [1.82, 2.24) is 15.2 Å². The van der Waals surface area contributed by atoms with Crippen LogP contribution >= 0.6 is 0 Å². The third-order valence-corrected chi connectivity index (χ3v) is 5.78. The molecule has 4 rings (SSSR count). The lowest BCUT2D eigenvalue weighted by Crippen LogP contribution is -2.50. The van der Waals surface area contributed by atoms with Crippen molar-refractivity contribution >= 4 is 11.8 Å². The van der Waals surface area contributed by atoms with E-state index in [0.29, 0.717) is 5.56 Å². The molecule has 1 aromatic heterocycles. The van der Waals surface area contributed by atoms with Gasteiger partial charge in [0.15, 0.2) is 11.4 Å². The molecule has 0 radical (unpaired) electrons. The number of nitrogens with one attached hydrogen (secondary N) is 2. The first-order valence-electron chi connectivity index (χ1n) is 9.79. The minimum atomic E-state index is -1.01. The van der Waals surface area contributed by atoms with E-state index in [1.165, 1.54) is 10.8 Å². The van der Waals surface area contributed by atoms with Crippen molar-refractivity contribution in [3.63, 3.8) is 0 Å². The molecular formula is C21H21F2N3O4. The number of hydrogen-bond donors (Lipinski definition) is 3. The summed E-state index contributed by atoms with van der Waals surface area (Å²) >= 11 is 0. The minimum absolute atomic E-state index is 0.146. The highest BCUT2D eigenvalue weighted by Gasteiger charge is 2.37. The second kappa shape index (κ2) is 7.55. The summed E-state index contributed by atoms with van der Waals surface area (Å²) in [4.78, 5) is 37.5. The molecule has 0 bridgehead atoms. The Bertz CT molecular complexity index is 1090. The van der Waals surface area contributed by atoms with Gasteiger partial charge < -0.3 is 20.3 Å². The van der Waals surface area contributed by atoms with Crippen molar-refractivity contribution < 1.29 is 23.5 Å². The van der Waals surface area contributed by atoms with Crippen LogP contribution in [0.3, 0.4) is 0 Å². The number of aryl methyl sites for hydroxylation is 1. The van der Waals surface area contributed by atoms with Gasteiger partial charge in [0.1, 0.15) is 17.2 Å². The highest BCUT2D eigenvalue weighted by molar-refractivity contribution is 5.99. The van der Waals surface area contributed by atoms with Gasteiger partial charge in [0.05, 0.1) is 6.04 Å². The van der Waals surface area contributed by atoms with Crippen LogP contribution in [0.4, 0.5) is 8.78 Å². The third kappa shape index (κ3) is 3.34. The Kier molecular flexibility index (Phi) is 5.05. The lowest BCUT2D eigenvalue weighted by atomic mass is 9.87. The summed E-state index contributed by atoms with van der Waals surface area (Å²) in [5.41, 5.74) is -1.49. The van der Waals surface area contributed by atoms with E-state index in [-0.39, 0.29) is 28.9 Å². The lowest BCUT2D eigenvalue weighted by Gasteiger charge is -2.39. The molecule has 1 saturated carbocycles. The van der Waals surface area contributed by atoms with Gasteiger partial charge in [0.2, 0.25) is 5.43 Å². The molecule has 1 fully saturated rings. The van der Waals surface area contributed by atoms with Gasteiger partial charge in [-0.2, -0.15) is 0 Å². The molecule has 2 aromatic rings. The molecule has 9 heteroatoms. The average molecular weight is 417 g/mol. The van der Waals surface area contributed by atoms with Gasteiger partial charge in [-0.1, -0.05) is 12.8 Å². The first-order chi connectivity index (χ1) is 14.3. The molecule has 1 aliphatic heterocycles. The number of amides is 2. The fourth-order valence-electron chi connectivity index (χ4n) is 4.28. The van der Waals surface area contributed by atoms with E-state index < -0.39 is 41.2 Å². The number of rotatable bonds is 3. The zero-order valence-electron chi connectivity index (χ0n) is 16.3. The standard InChI is InChI=1S/C21H21F2N3O4/c1-10-6-13(22)11(14(23)7-10)8-24-20(29)12-9-26-16-5-3-2-4-15(16)25-21(30)17(26)19(28)18(12)27/h6-7,9,15-16,28H,2-5,8H2,1H3,(H,24,29)(H,25,30)/t15-,16+/m1/s1. The van der Waals surface area contributed by atoms with Crippen molar-refractivity contribution in [2.75, 3.05) is 0 Å². The molecule has 1 aliphatic carbocycles. The third-order valence-electron chi connectivity index (χ3n) is 5.78. The van der Waals surface area contributed by atoms with Gasteiger partial charge in [-0.05, 0) is 37.5 Å². The van der Waals surface area contributed by atoms with Crippen LogP contribution in [0.2, 0.25) is 0 Å². The maximum absolute atomic E-state index is 14.0. The van der Waals surface area contributed by atoms with Crippen molar-refractivity contribution in [3.8, 4) is 5.75 Å². The Morgan fingerprint density at radius 2 is 1.90 bits per heavy atom. The molecule has 2 aliphatic rings. The summed E-state index contributed by atoms with van der Waals surface area (Å²) < 4.78 is 29.5. The number of carbonyl (C=O) groups is 2. The van der Waals surface area contributed by atoms with E-state index in [1.54, 1.807) is 6.92 Å². The fourth-order valence-corrected chi connectivity index (χ4v) is 4.28. The second-order valence-corrected chi connectivity index (χ2v) is 7.80. The van der Waals surface area contributed by atoms with Crippen LogP contribution in [0.15, 0.2) is 23.1 Å². The molecular weight excluding hydrogens is 396 g/mol. The summed E-state index contributed by atoms with van der Waals surface area (Å²) in [6.45, 7) is 1.07. The van der Waals surface area contributed by atoms with E-state index in [0.717, 1.165) is 37.8 Å². The Balaban J connectivity index is 1.67. The number of aromatic nitrogens is 1. The Hall–Kier alpha value is -3.23. The second-order valence-electron chi connectivity index (χ2n) is 7.80. The highest BCUT2D eigenvalue weighted by Crippen LogP contribution is 2.34. The van der Waals surface area contributed by atoms with Gasteiger partial charge in [-0.25, -0.2) is 8.78 Å². The maximum Gasteiger partial charge on any atom is 0.272 e. The normalized spacial score (nSPS) is 20.2. The van der Waals surface area contributed by atoms with Gasteiger partial charge in [-0.15, -0.1) is 0 Å². The van der Waals surface area contributed by atoms with E-state index in [9.17, 15) is 28.3 Å². The van der Waals surface area contributed by atoms with E-state index in [2.05, 4.69) is 10.6 Å². The van der Waals surface area contributed by atoms with Crippen molar-refractivity contribution in [3.05, 3.63) is 62.6 Å². The molecule has 0 spiro atoms. The molecule has 30 heavy (non-hydrogen) atoms. The van der Waals surface area contributed by atoms with Crippen LogP contribution in [-0.2, 0) is 6.54 Å². The summed E-state index contributed by atoms with van der Waals surface area (Å²) in [5, 5.41) is 15.5. The predicted molar refractivity (Wildman–Crippen MR) is 103 cm³/mol. The zero-order chi connectivity index (χ0) is 21.6. The van der Waals surface area contributed by atoms with Gasteiger partial charge in [-0.3, -0.25) is 14.4 Å². The quantitative estimate of drug-likeness (QED) is 0.713. The van der Waals surface area contributed by atoms with Crippen LogP contribution < -0.4 is 16.1 Å². The van der Waals surface area contributed by atoms with Gasteiger partial charge in [0, 0.05) is 24.3 Å². The Morgan fingerprint density at radius 3 is 2.60 bits per heavy atom. The highest BCUT2D eigenvalue weighted by atomic mass is 19.1. The maximum atomic E-state index is 14.0. The van der Waals surface area contributed by atoms with Crippen LogP contribution in [0.5, 0.6) is 5.75 Å². The molecule has 2 amide bonds. The topological polar surface area (TPSA) is 100 Å². The predicted octanol–water partition coefficient (Wildman–Crippen LogP) is 2.30. The van der Waals surface area contributed by atoms with E-state index >= 15 is 0 Å². The van der Waals surface area contributed by atoms with E-state index in [4.69, 9.17) is 0 Å². The van der Waals surface area contributed by atoms with Crippen molar-refractivity contribution in [2.45, 2.75) is 51.2 Å². The molecule has 0 saturated heterocycles. The largest absolute Gasteiger partial charge is 0.503 e. The van der Waals surface area contributed by atoms with Crippen molar-refractivity contribution in [2.24, 2.45) is 0 Å². The number of benzene rings is 1. The first-order valence-corrected chi connectivity index (χ1v) is 9.79. The van der Waals surface area contributed by atoms with Gasteiger partial charge in [0.25, 0.3) is 11.8 Å². The number of nitrogens with zero attached hydrogens (tertiary/aromatic N) is 1. The first kappa shape index (κ1) is 20.1. The monoisotopic (exact) mass is 417 g/mol. The molecule has 3 N–H and O–H groups in total. The van der Waals surface area contributed by atoms with Crippen molar-refractivity contribution in [1.29, 1.82) is 0 Å². The average Bonchev–Trinajstić information content (AvgIpc) is 2.69. The van der Waals surface area contributed by atoms with Crippen LogP contribution in [-0.4, -0.2) is 27.5 Å². The smallest absolute Gasteiger partial charge is 0.272 e. The number of aromatic hydroxyl groups is 1. The minimum Gasteiger partial charge on any atom is -0.503 e. The van der Waals surface area contributed by atoms with Crippen LogP contribution in [0.1, 0.15) is 63.7 Å². The summed E-state index contributed by atoms with van der Waals surface area (Å²) in [7, 11) is 0. The fraction of sp³-hybridized carbons (Fsp3) is 0.381. The zero-order valence-corrected chi connectivity index (χ0v) is 16.3. The van der Waals surface area contributed by atoms with Crippen LogP contribution in [0.25, 0.3) is 0 Å². The molecule has 158 valence electrons. The SMILES string of the molecule is Cc1cc(F)c(CNC(=O)c2cn3c(c(O)c2=O)C(=O)N[C@@H]2CCCC[C@@H]23)c(F)c1. The number of carbonyl (C=O) groups excluding carboxylic acids is 2. The van der Waals surface area contributed by atoms with Gasteiger partial charge >= 0.3 is 0 Å². The number of fused-ring (bicyclic) bond motifs is 3. The lowest BCUT2D eigenvalue weighted by molar-refractivity contribution is 0.0838. The molecule has 7 nitrogen and oxygen atoms in total. The van der Waals surface area contributed by atoms with E-state index in [1.807, 2.05) is 0 Å². The Labute approximate surface area is 170 Å².